The number of nitrogens with one attached hydrogen (secondary N) is 1. The van der Waals surface area contributed by atoms with Gasteiger partial charge in [0.05, 0.1) is 5.56 Å². The topological polar surface area (TPSA) is 66.4 Å². The fourth-order valence-corrected chi connectivity index (χ4v) is 2.41. The third-order valence-corrected chi connectivity index (χ3v) is 3.43. The number of carbonyl (C=O) groups excluding carboxylic acids is 1. The lowest BCUT2D eigenvalue weighted by Gasteiger charge is -2.14. The van der Waals surface area contributed by atoms with Gasteiger partial charge in [-0.1, -0.05) is 6.07 Å². The number of carboxylic acids is 1. The summed E-state index contributed by atoms with van der Waals surface area (Å²) in [5.41, 5.74) is 1.67. The number of aryl methyl sites for hydroxylation is 1. The highest BCUT2D eigenvalue weighted by molar-refractivity contribution is 9.10. The molecule has 0 saturated carbocycles. The lowest BCUT2D eigenvalue weighted by Crippen LogP contribution is -2.32. The van der Waals surface area contributed by atoms with Crippen LogP contribution in [0.2, 0.25) is 0 Å². The molecule has 0 aliphatic heterocycles. The number of halogens is 1. The summed E-state index contributed by atoms with van der Waals surface area (Å²) in [6.07, 6.45) is 1.35. The van der Waals surface area contributed by atoms with Gasteiger partial charge in [0.2, 0.25) is 0 Å². The molecule has 1 rings (SSSR count). The first kappa shape index (κ1) is 15.7. The number of hydrogen-bond acceptors (Lipinski definition) is 2. The van der Waals surface area contributed by atoms with E-state index < -0.39 is 5.97 Å². The molecule has 1 amide bonds. The Morgan fingerprint density at radius 3 is 2.68 bits per heavy atom. The van der Waals surface area contributed by atoms with Crippen LogP contribution in [0.1, 0.15) is 42.1 Å². The Bertz CT molecular complexity index is 474. The van der Waals surface area contributed by atoms with Crippen molar-refractivity contribution in [2.24, 2.45) is 0 Å². The Labute approximate surface area is 121 Å². The van der Waals surface area contributed by atoms with Gasteiger partial charge in [0, 0.05) is 16.9 Å². The zero-order chi connectivity index (χ0) is 14.4. The van der Waals surface area contributed by atoms with Crippen molar-refractivity contribution in [1.29, 1.82) is 0 Å². The van der Waals surface area contributed by atoms with E-state index in [-0.39, 0.29) is 18.4 Å². The first-order valence-corrected chi connectivity index (χ1v) is 6.98. The Hall–Kier alpha value is -1.36. The Kier molecular flexibility index (Phi) is 6.02. The smallest absolute Gasteiger partial charge is 0.303 e. The predicted molar refractivity (Wildman–Crippen MR) is 77.3 cm³/mol. The molecule has 1 atom stereocenters. The molecule has 0 aliphatic carbocycles. The molecule has 104 valence electrons. The summed E-state index contributed by atoms with van der Waals surface area (Å²) in [6.45, 7) is 3.84. The maximum atomic E-state index is 12.0. The highest BCUT2D eigenvalue weighted by atomic mass is 79.9. The molecule has 0 aliphatic rings. The highest BCUT2D eigenvalue weighted by Crippen LogP contribution is 2.18. The number of amides is 1. The second kappa shape index (κ2) is 7.28. The molecule has 0 bridgehead atoms. The van der Waals surface area contributed by atoms with Gasteiger partial charge in [-0.05, 0) is 60.3 Å². The van der Waals surface area contributed by atoms with E-state index in [2.05, 4.69) is 21.2 Å². The van der Waals surface area contributed by atoms with Crippen molar-refractivity contribution in [3.05, 3.63) is 33.8 Å². The average Bonchev–Trinajstić information content (AvgIpc) is 2.27. The molecule has 1 unspecified atom stereocenters. The van der Waals surface area contributed by atoms with Gasteiger partial charge in [0.25, 0.3) is 5.91 Å². The summed E-state index contributed by atoms with van der Waals surface area (Å²) >= 11 is 3.37. The van der Waals surface area contributed by atoms with Crippen LogP contribution in [0.5, 0.6) is 0 Å². The summed E-state index contributed by atoms with van der Waals surface area (Å²) in [7, 11) is 0. The van der Waals surface area contributed by atoms with Crippen molar-refractivity contribution < 1.29 is 14.7 Å². The van der Waals surface area contributed by atoms with Crippen molar-refractivity contribution >= 4 is 27.8 Å². The second-order valence-electron chi connectivity index (χ2n) is 4.64. The number of aliphatic carboxylic acids is 1. The molecule has 0 spiro atoms. The zero-order valence-corrected chi connectivity index (χ0v) is 12.7. The third-order valence-electron chi connectivity index (χ3n) is 2.77. The van der Waals surface area contributed by atoms with E-state index in [4.69, 9.17) is 5.11 Å². The van der Waals surface area contributed by atoms with Crippen LogP contribution in [0, 0.1) is 6.92 Å². The minimum absolute atomic E-state index is 0.0416. The van der Waals surface area contributed by atoms with E-state index in [1.807, 2.05) is 26.0 Å². The highest BCUT2D eigenvalue weighted by Gasteiger charge is 2.13. The molecule has 2 N–H and O–H groups in total. The largest absolute Gasteiger partial charge is 0.481 e. The SMILES string of the molecule is Cc1ccc(C(=O)NC(C)CCCC(=O)O)c(Br)c1. The van der Waals surface area contributed by atoms with E-state index in [1.54, 1.807) is 6.07 Å². The van der Waals surface area contributed by atoms with Gasteiger partial charge >= 0.3 is 5.97 Å². The molecular formula is C14H18BrNO3. The molecule has 0 saturated heterocycles. The molecule has 0 radical (unpaired) electrons. The second-order valence-corrected chi connectivity index (χ2v) is 5.50. The number of carboxylic acid groups (broad SMARTS) is 1. The molecule has 0 fully saturated rings. The molecule has 19 heavy (non-hydrogen) atoms. The summed E-state index contributed by atoms with van der Waals surface area (Å²) in [5.74, 6) is -0.950. The molecule has 4 nitrogen and oxygen atoms in total. The van der Waals surface area contributed by atoms with E-state index in [9.17, 15) is 9.59 Å². The number of hydrogen-bond donors (Lipinski definition) is 2. The molecule has 1 aromatic carbocycles. The van der Waals surface area contributed by atoms with Crippen LogP contribution in [0.4, 0.5) is 0 Å². The van der Waals surface area contributed by atoms with E-state index in [0.717, 1.165) is 10.0 Å². The fraction of sp³-hybridized carbons (Fsp3) is 0.429. The maximum Gasteiger partial charge on any atom is 0.303 e. The Morgan fingerprint density at radius 2 is 2.11 bits per heavy atom. The summed E-state index contributed by atoms with van der Waals surface area (Å²) in [6, 6.07) is 5.51. The maximum absolute atomic E-state index is 12.0. The Balaban J connectivity index is 2.52. The van der Waals surface area contributed by atoms with Crippen molar-refractivity contribution in [3.8, 4) is 0 Å². The summed E-state index contributed by atoms with van der Waals surface area (Å²) in [5, 5.41) is 11.4. The fourth-order valence-electron chi connectivity index (χ4n) is 1.74. The van der Waals surface area contributed by atoms with Gasteiger partial charge in [0.1, 0.15) is 0 Å². The number of benzene rings is 1. The average molecular weight is 328 g/mol. The minimum Gasteiger partial charge on any atom is -0.481 e. The number of rotatable bonds is 6. The zero-order valence-electron chi connectivity index (χ0n) is 11.1. The molecular weight excluding hydrogens is 310 g/mol. The first-order valence-electron chi connectivity index (χ1n) is 6.19. The molecule has 1 aromatic rings. The van der Waals surface area contributed by atoms with Gasteiger partial charge < -0.3 is 10.4 Å². The van der Waals surface area contributed by atoms with Crippen LogP contribution in [-0.4, -0.2) is 23.0 Å². The molecule has 0 aromatic heterocycles. The van der Waals surface area contributed by atoms with Crippen molar-refractivity contribution in [2.75, 3.05) is 0 Å². The van der Waals surface area contributed by atoms with E-state index in [0.29, 0.717) is 18.4 Å². The van der Waals surface area contributed by atoms with Gasteiger partial charge in [-0.25, -0.2) is 0 Å². The summed E-state index contributed by atoms with van der Waals surface area (Å²) < 4.78 is 0.766. The van der Waals surface area contributed by atoms with Gasteiger partial charge in [-0.15, -0.1) is 0 Å². The number of carbonyl (C=O) groups is 2. The normalized spacial score (nSPS) is 11.9. The van der Waals surface area contributed by atoms with Gasteiger partial charge in [-0.3, -0.25) is 9.59 Å². The van der Waals surface area contributed by atoms with Crippen LogP contribution in [-0.2, 0) is 4.79 Å². The molecule has 5 heteroatoms. The van der Waals surface area contributed by atoms with Crippen LogP contribution in [0.3, 0.4) is 0 Å². The van der Waals surface area contributed by atoms with Crippen molar-refractivity contribution in [2.45, 2.75) is 39.2 Å². The van der Waals surface area contributed by atoms with Gasteiger partial charge in [-0.2, -0.15) is 0 Å². The van der Waals surface area contributed by atoms with Gasteiger partial charge in [0.15, 0.2) is 0 Å². The lowest BCUT2D eigenvalue weighted by atomic mass is 10.1. The minimum atomic E-state index is -0.806. The van der Waals surface area contributed by atoms with Crippen molar-refractivity contribution in [1.82, 2.24) is 5.32 Å². The van der Waals surface area contributed by atoms with Crippen molar-refractivity contribution in [3.63, 3.8) is 0 Å². The van der Waals surface area contributed by atoms with Crippen LogP contribution >= 0.6 is 15.9 Å². The Morgan fingerprint density at radius 1 is 1.42 bits per heavy atom. The van der Waals surface area contributed by atoms with Crippen LogP contribution in [0.15, 0.2) is 22.7 Å². The summed E-state index contributed by atoms with van der Waals surface area (Å²) in [4.78, 5) is 22.4. The monoisotopic (exact) mass is 327 g/mol. The van der Waals surface area contributed by atoms with Crippen LogP contribution in [0.25, 0.3) is 0 Å². The lowest BCUT2D eigenvalue weighted by molar-refractivity contribution is -0.137. The molecule has 0 heterocycles. The standard InChI is InChI=1S/C14H18BrNO3/c1-9-6-7-11(12(15)8-9)14(19)16-10(2)4-3-5-13(17)18/h6-8,10H,3-5H2,1-2H3,(H,16,19)(H,17,18). The van der Waals surface area contributed by atoms with E-state index in [1.165, 1.54) is 0 Å². The van der Waals surface area contributed by atoms with E-state index >= 15 is 0 Å². The third kappa shape index (κ3) is 5.42. The quantitative estimate of drug-likeness (QED) is 0.843. The predicted octanol–water partition coefficient (Wildman–Crippen LogP) is 3.13. The van der Waals surface area contributed by atoms with Crippen LogP contribution < -0.4 is 5.32 Å². The first-order chi connectivity index (χ1) is 8.90.